The van der Waals surface area contributed by atoms with E-state index in [0.717, 1.165) is 5.75 Å². The molecule has 0 aliphatic rings. The molecule has 0 rings (SSSR count). The van der Waals surface area contributed by atoms with Crippen molar-refractivity contribution in [1.82, 2.24) is 0 Å². The molecule has 0 aromatic rings. The number of hydrogen-bond acceptors (Lipinski definition) is 2. The number of nitrogens with two attached hydrogens (primary N) is 1. The van der Waals surface area contributed by atoms with Crippen LogP contribution in [0, 0.1) is 6.92 Å². The normalized spacial score (nSPS) is 12.4. The van der Waals surface area contributed by atoms with Crippen LogP contribution in [0.1, 0.15) is 6.92 Å². The molecule has 0 aliphatic heterocycles. The number of hydrogen-bond donors (Lipinski definition) is 1. The summed E-state index contributed by atoms with van der Waals surface area (Å²) in [5, 5.41) is 0.0648. The summed E-state index contributed by atoms with van der Waals surface area (Å²) in [6.45, 7) is 5.63. The zero-order valence-corrected chi connectivity index (χ0v) is 8.14. The molecule has 1 atom stereocenters. The molecular formula is C4H10NSW-. The van der Waals surface area contributed by atoms with Crippen LogP contribution >= 0.6 is 11.8 Å². The summed E-state index contributed by atoms with van der Waals surface area (Å²) >= 11 is 1.65. The Bertz CT molecular complexity index is 32.9. The van der Waals surface area contributed by atoms with Crippen molar-refractivity contribution in [3.8, 4) is 0 Å². The van der Waals surface area contributed by atoms with Crippen molar-refractivity contribution < 1.29 is 21.1 Å². The quantitative estimate of drug-likeness (QED) is 0.602. The Kier molecular flexibility index (Phi) is 10.9. The molecule has 44 valence electrons. The van der Waals surface area contributed by atoms with Crippen LogP contribution in [0.15, 0.2) is 0 Å². The van der Waals surface area contributed by atoms with Gasteiger partial charge >= 0.3 is 0 Å². The van der Waals surface area contributed by atoms with Gasteiger partial charge in [-0.3, -0.25) is 0 Å². The van der Waals surface area contributed by atoms with E-state index in [1.165, 1.54) is 0 Å². The fourth-order valence-corrected chi connectivity index (χ4v) is 0.642. The van der Waals surface area contributed by atoms with Crippen molar-refractivity contribution in [3.63, 3.8) is 0 Å². The van der Waals surface area contributed by atoms with Crippen LogP contribution in [-0.4, -0.2) is 11.1 Å². The molecule has 0 amide bonds. The zero-order chi connectivity index (χ0) is 4.99. The molecule has 0 bridgehead atoms. The van der Waals surface area contributed by atoms with Crippen molar-refractivity contribution in [1.29, 1.82) is 0 Å². The Morgan fingerprint density at radius 1 is 1.86 bits per heavy atom. The Labute approximate surface area is 63.7 Å². The second kappa shape index (κ2) is 7.00. The van der Waals surface area contributed by atoms with Crippen LogP contribution in [0.25, 0.3) is 0 Å². The maximum atomic E-state index is 5.25. The molecule has 0 unspecified atom stereocenters. The van der Waals surface area contributed by atoms with Gasteiger partial charge in [0.05, 0.1) is 0 Å². The summed E-state index contributed by atoms with van der Waals surface area (Å²) in [7, 11) is 0. The molecule has 0 fully saturated rings. The summed E-state index contributed by atoms with van der Waals surface area (Å²) in [6.07, 6.45) is 0. The van der Waals surface area contributed by atoms with Crippen LogP contribution < -0.4 is 5.73 Å². The molecule has 7 heavy (non-hydrogen) atoms. The summed E-state index contributed by atoms with van der Waals surface area (Å²) in [6, 6.07) is 0. The summed E-state index contributed by atoms with van der Waals surface area (Å²) in [5.74, 6) is 1.06. The van der Waals surface area contributed by atoms with Crippen molar-refractivity contribution in [2.24, 2.45) is 5.73 Å². The zero-order valence-electron chi connectivity index (χ0n) is 4.39. The first-order chi connectivity index (χ1) is 2.77. The number of rotatable bonds is 2. The van der Waals surface area contributed by atoms with E-state index in [4.69, 9.17) is 5.73 Å². The summed E-state index contributed by atoms with van der Waals surface area (Å²) < 4.78 is 0. The molecule has 0 aliphatic carbocycles. The van der Waals surface area contributed by atoms with Gasteiger partial charge in [-0.2, -0.15) is 11.8 Å². The predicted octanol–water partition coefficient (Wildman–Crippen LogP) is 0.856. The molecule has 0 radical (unpaired) electrons. The fourth-order valence-electron chi connectivity index (χ4n) is 0.214. The molecule has 0 saturated carbocycles. The smallest absolute Gasteiger partial charge is 0 e. The predicted molar refractivity (Wildman–Crippen MR) is 31.5 cm³/mol. The third-order valence-electron chi connectivity index (χ3n) is 0.381. The average Bonchev–Trinajstić information content (AvgIpc) is 1.35. The Balaban J connectivity index is 0. The van der Waals surface area contributed by atoms with E-state index in [1.807, 2.05) is 0 Å². The first-order valence-electron chi connectivity index (χ1n) is 1.97. The molecule has 0 aromatic heterocycles. The average molecular weight is 288 g/mol. The minimum atomic E-state index is 0. The third kappa shape index (κ3) is 10.9. The topological polar surface area (TPSA) is 26.0 Å². The first kappa shape index (κ1) is 10.9. The van der Waals surface area contributed by atoms with Crippen molar-refractivity contribution in [2.45, 2.75) is 12.3 Å². The van der Waals surface area contributed by atoms with Gasteiger partial charge < -0.3 is 12.7 Å². The SMILES string of the molecule is [CH2-][C@H](N)SCC.[W]. The standard InChI is InChI=1S/C4H10NS.W/c1-3-6-4(2)5;/h4H,2-3,5H2,1H3;/q-1;/t4-;/m1./s1. The van der Waals surface area contributed by atoms with E-state index in [1.54, 1.807) is 11.8 Å². The molecule has 0 saturated heterocycles. The molecule has 3 heteroatoms. The van der Waals surface area contributed by atoms with E-state index < -0.39 is 0 Å². The maximum Gasteiger partial charge on any atom is 0 e. The van der Waals surface area contributed by atoms with Crippen LogP contribution in [0.4, 0.5) is 0 Å². The van der Waals surface area contributed by atoms with Crippen LogP contribution in [0.3, 0.4) is 0 Å². The van der Waals surface area contributed by atoms with E-state index in [2.05, 4.69) is 13.8 Å². The van der Waals surface area contributed by atoms with Gasteiger partial charge in [-0.05, 0) is 5.75 Å². The van der Waals surface area contributed by atoms with Gasteiger partial charge in [0, 0.05) is 21.1 Å². The molecule has 0 aromatic carbocycles. The minimum absolute atomic E-state index is 0. The third-order valence-corrected chi connectivity index (χ3v) is 1.14. The first-order valence-corrected chi connectivity index (χ1v) is 3.02. The van der Waals surface area contributed by atoms with Crippen molar-refractivity contribution in [3.05, 3.63) is 6.92 Å². The van der Waals surface area contributed by atoms with Gasteiger partial charge in [0.15, 0.2) is 0 Å². The molecule has 0 spiro atoms. The van der Waals surface area contributed by atoms with E-state index in [-0.39, 0.29) is 26.4 Å². The van der Waals surface area contributed by atoms with Gasteiger partial charge in [-0.15, -0.1) is 0 Å². The monoisotopic (exact) mass is 288 g/mol. The van der Waals surface area contributed by atoms with Gasteiger partial charge in [0.25, 0.3) is 0 Å². The Hall–Kier alpha value is 0.998. The van der Waals surface area contributed by atoms with E-state index in [9.17, 15) is 0 Å². The summed E-state index contributed by atoms with van der Waals surface area (Å²) in [4.78, 5) is 0. The Morgan fingerprint density at radius 2 is 2.29 bits per heavy atom. The van der Waals surface area contributed by atoms with Gasteiger partial charge in [0.2, 0.25) is 0 Å². The number of thioether (sulfide) groups is 1. The van der Waals surface area contributed by atoms with Crippen molar-refractivity contribution in [2.75, 3.05) is 5.75 Å². The maximum absolute atomic E-state index is 5.25. The largest absolute Gasteiger partial charge is 0.348 e. The van der Waals surface area contributed by atoms with Gasteiger partial charge in [-0.25, -0.2) is 0 Å². The second-order valence-electron chi connectivity index (χ2n) is 0.994. The Morgan fingerprint density at radius 3 is 2.29 bits per heavy atom. The van der Waals surface area contributed by atoms with Crippen LogP contribution in [-0.2, 0) is 21.1 Å². The molecular weight excluding hydrogens is 278 g/mol. The van der Waals surface area contributed by atoms with Gasteiger partial charge in [0.1, 0.15) is 0 Å². The van der Waals surface area contributed by atoms with E-state index in [0.29, 0.717) is 0 Å². The van der Waals surface area contributed by atoms with Crippen molar-refractivity contribution >= 4 is 11.8 Å². The summed E-state index contributed by atoms with van der Waals surface area (Å²) in [5.41, 5.74) is 5.25. The second-order valence-corrected chi connectivity index (χ2v) is 2.51. The van der Waals surface area contributed by atoms with E-state index >= 15 is 0 Å². The molecule has 0 heterocycles. The fraction of sp³-hybridized carbons (Fsp3) is 0.750. The van der Waals surface area contributed by atoms with Crippen LogP contribution in [0.5, 0.6) is 0 Å². The molecule has 1 nitrogen and oxygen atoms in total. The van der Waals surface area contributed by atoms with Gasteiger partial charge in [-0.1, -0.05) is 12.3 Å². The van der Waals surface area contributed by atoms with Crippen LogP contribution in [0.2, 0.25) is 0 Å². The minimum Gasteiger partial charge on any atom is -0.348 e. The molecule has 2 N–H and O–H groups in total.